The van der Waals surface area contributed by atoms with Crippen molar-refractivity contribution in [1.82, 2.24) is 5.32 Å². The van der Waals surface area contributed by atoms with Gasteiger partial charge in [-0.2, -0.15) is 0 Å². The molecule has 0 radical (unpaired) electrons. The van der Waals surface area contributed by atoms with E-state index in [9.17, 15) is 14.9 Å². The maximum Gasteiger partial charge on any atom is 0.292 e. The predicted molar refractivity (Wildman–Crippen MR) is 81.5 cm³/mol. The lowest BCUT2D eigenvalue weighted by atomic mass is 9.82. The molecular weight excluding hydrogens is 270 g/mol. The first kappa shape index (κ1) is 15.3. The summed E-state index contributed by atoms with van der Waals surface area (Å²) in [7, 11) is 0. The number of nitrogens with zero attached hydrogens (tertiary/aromatic N) is 1. The summed E-state index contributed by atoms with van der Waals surface area (Å²) in [4.78, 5) is 22.7. The lowest BCUT2D eigenvalue weighted by molar-refractivity contribution is -0.384. The number of carbonyl (C=O) groups excluding carboxylic acids is 1. The average molecular weight is 291 g/mol. The molecule has 0 saturated heterocycles. The van der Waals surface area contributed by atoms with E-state index in [1.165, 1.54) is 12.1 Å². The number of rotatable bonds is 6. The Morgan fingerprint density at radius 1 is 1.43 bits per heavy atom. The fourth-order valence-corrected chi connectivity index (χ4v) is 2.53. The summed E-state index contributed by atoms with van der Waals surface area (Å²) >= 11 is 0. The van der Waals surface area contributed by atoms with Gasteiger partial charge in [0.2, 0.25) is 0 Å². The molecule has 1 fully saturated rings. The summed E-state index contributed by atoms with van der Waals surface area (Å²) in [6.45, 7) is 4.76. The summed E-state index contributed by atoms with van der Waals surface area (Å²) in [5, 5.41) is 17.0. The van der Waals surface area contributed by atoms with Crippen LogP contribution < -0.4 is 10.6 Å². The Morgan fingerprint density at radius 3 is 2.71 bits per heavy atom. The third kappa shape index (κ3) is 3.71. The van der Waals surface area contributed by atoms with Crippen molar-refractivity contribution in [1.29, 1.82) is 0 Å². The molecule has 0 bridgehead atoms. The molecule has 1 amide bonds. The van der Waals surface area contributed by atoms with E-state index in [1.54, 1.807) is 6.07 Å². The number of nitrogens with one attached hydrogen (secondary N) is 2. The number of hydrogen-bond acceptors (Lipinski definition) is 4. The zero-order chi connectivity index (χ0) is 15.4. The predicted octanol–water partition coefficient (Wildman–Crippen LogP) is 2.95. The maximum absolute atomic E-state index is 12.2. The maximum atomic E-state index is 12.2. The van der Waals surface area contributed by atoms with Gasteiger partial charge in [0.05, 0.1) is 4.92 Å². The second kappa shape index (κ2) is 6.56. The molecule has 1 aliphatic rings. The van der Waals surface area contributed by atoms with Gasteiger partial charge >= 0.3 is 0 Å². The molecule has 2 rings (SSSR count). The van der Waals surface area contributed by atoms with Crippen molar-refractivity contribution >= 4 is 17.3 Å². The molecule has 6 heteroatoms. The SMILES string of the molecule is CCCNc1cc(C(=O)NC2CC(C)C2)ccc1[N+](=O)[O-]. The third-order valence-electron chi connectivity index (χ3n) is 3.73. The Labute approximate surface area is 124 Å². The van der Waals surface area contributed by atoms with Gasteiger partial charge in [0.25, 0.3) is 11.6 Å². The molecule has 0 spiro atoms. The number of anilines is 1. The van der Waals surface area contributed by atoms with Crippen LogP contribution in [0.3, 0.4) is 0 Å². The first-order chi connectivity index (χ1) is 10.0. The number of benzene rings is 1. The Kier molecular flexibility index (Phi) is 4.77. The highest BCUT2D eigenvalue weighted by Gasteiger charge is 2.27. The highest BCUT2D eigenvalue weighted by Crippen LogP contribution is 2.28. The fraction of sp³-hybridized carbons (Fsp3) is 0.533. The van der Waals surface area contributed by atoms with Crippen LogP contribution in [0.1, 0.15) is 43.5 Å². The van der Waals surface area contributed by atoms with Crippen molar-refractivity contribution in [3.63, 3.8) is 0 Å². The van der Waals surface area contributed by atoms with E-state index in [2.05, 4.69) is 17.6 Å². The molecule has 1 aromatic rings. The van der Waals surface area contributed by atoms with Crippen LogP contribution in [0.2, 0.25) is 0 Å². The molecule has 1 aliphatic carbocycles. The molecule has 0 atom stereocenters. The molecule has 21 heavy (non-hydrogen) atoms. The van der Waals surface area contributed by atoms with Crippen LogP contribution in [-0.4, -0.2) is 23.4 Å². The van der Waals surface area contributed by atoms with Crippen LogP contribution in [0.4, 0.5) is 11.4 Å². The van der Waals surface area contributed by atoms with Crippen LogP contribution in [0, 0.1) is 16.0 Å². The van der Waals surface area contributed by atoms with Crippen molar-refractivity contribution in [2.75, 3.05) is 11.9 Å². The van der Waals surface area contributed by atoms with Gasteiger partial charge in [-0.05, 0) is 37.3 Å². The largest absolute Gasteiger partial charge is 0.379 e. The lowest BCUT2D eigenvalue weighted by Crippen LogP contribution is -2.43. The number of nitro benzene ring substituents is 1. The van der Waals surface area contributed by atoms with Gasteiger partial charge in [0.15, 0.2) is 0 Å². The van der Waals surface area contributed by atoms with Gasteiger partial charge in [0, 0.05) is 24.2 Å². The Bertz CT molecular complexity index is 539. The molecule has 1 saturated carbocycles. The Morgan fingerprint density at radius 2 is 2.14 bits per heavy atom. The van der Waals surface area contributed by atoms with E-state index in [1.807, 2.05) is 6.92 Å². The summed E-state index contributed by atoms with van der Waals surface area (Å²) in [6, 6.07) is 4.68. The molecule has 6 nitrogen and oxygen atoms in total. The monoisotopic (exact) mass is 291 g/mol. The van der Waals surface area contributed by atoms with Crippen molar-refractivity contribution in [2.45, 2.75) is 39.2 Å². The average Bonchev–Trinajstić information content (AvgIpc) is 2.42. The van der Waals surface area contributed by atoms with Crippen molar-refractivity contribution in [3.8, 4) is 0 Å². The van der Waals surface area contributed by atoms with Gasteiger partial charge in [0.1, 0.15) is 5.69 Å². The quantitative estimate of drug-likeness (QED) is 0.623. The summed E-state index contributed by atoms with van der Waals surface area (Å²) in [5.74, 6) is 0.496. The first-order valence-corrected chi connectivity index (χ1v) is 7.34. The second-order valence-electron chi connectivity index (χ2n) is 5.66. The van der Waals surface area contributed by atoms with Gasteiger partial charge in [-0.1, -0.05) is 13.8 Å². The Hall–Kier alpha value is -2.11. The van der Waals surface area contributed by atoms with E-state index in [0.717, 1.165) is 19.3 Å². The number of carbonyl (C=O) groups is 1. The smallest absolute Gasteiger partial charge is 0.292 e. The van der Waals surface area contributed by atoms with Gasteiger partial charge in [-0.15, -0.1) is 0 Å². The molecular formula is C15H21N3O3. The zero-order valence-corrected chi connectivity index (χ0v) is 12.4. The van der Waals surface area contributed by atoms with E-state index < -0.39 is 4.92 Å². The minimum atomic E-state index is -0.437. The van der Waals surface area contributed by atoms with Crippen molar-refractivity contribution < 1.29 is 9.72 Å². The zero-order valence-electron chi connectivity index (χ0n) is 12.4. The van der Waals surface area contributed by atoms with E-state index >= 15 is 0 Å². The highest BCUT2D eigenvalue weighted by atomic mass is 16.6. The second-order valence-corrected chi connectivity index (χ2v) is 5.66. The van der Waals surface area contributed by atoms with Crippen LogP contribution in [0.25, 0.3) is 0 Å². The van der Waals surface area contributed by atoms with Gasteiger partial charge in [-0.3, -0.25) is 14.9 Å². The molecule has 0 aromatic heterocycles. The minimum absolute atomic E-state index is 0.00253. The van der Waals surface area contributed by atoms with Crippen LogP contribution in [0.5, 0.6) is 0 Å². The summed E-state index contributed by atoms with van der Waals surface area (Å²) < 4.78 is 0. The highest BCUT2D eigenvalue weighted by molar-refractivity contribution is 5.96. The van der Waals surface area contributed by atoms with Crippen LogP contribution in [-0.2, 0) is 0 Å². The summed E-state index contributed by atoms with van der Waals surface area (Å²) in [5.41, 5.74) is 0.854. The molecule has 114 valence electrons. The van der Waals surface area contributed by atoms with E-state index in [4.69, 9.17) is 0 Å². The van der Waals surface area contributed by atoms with Crippen molar-refractivity contribution in [2.24, 2.45) is 5.92 Å². The van der Waals surface area contributed by atoms with E-state index in [-0.39, 0.29) is 17.6 Å². The standard InChI is InChI=1S/C15H21N3O3/c1-3-6-16-13-9-11(4-5-14(13)18(20)21)15(19)17-12-7-10(2)8-12/h4-5,9-10,12,16H,3,6-8H2,1-2H3,(H,17,19). The van der Waals surface area contributed by atoms with Crippen LogP contribution >= 0.6 is 0 Å². The molecule has 1 aromatic carbocycles. The molecule has 0 unspecified atom stereocenters. The third-order valence-corrected chi connectivity index (χ3v) is 3.73. The number of nitro groups is 1. The summed E-state index contributed by atoms with van der Waals surface area (Å²) in [6.07, 6.45) is 2.85. The van der Waals surface area contributed by atoms with Gasteiger partial charge in [-0.25, -0.2) is 0 Å². The normalized spacial score (nSPS) is 20.5. The lowest BCUT2D eigenvalue weighted by Gasteiger charge is -2.33. The molecule has 0 aliphatic heterocycles. The molecule has 0 heterocycles. The van der Waals surface area contributed by atoms with Crippen molar-refractivity contribution in [3.05, 3.63) is 33.9 Å². The number of amides is 1. The topological polar surface area (TPSA) is 84.3 Å². The van der Waals surface area contributed by atoms with E-state index in [0.29, 0.717) is 23.7 Å². The fourth-order valence-electron chi connectivity index (χ4n) is 2.53. The Balaban J connectivity index is 2.12. The van der Waals surface area contributed by atoms with Gasteiger partial charge < -0.3 is 10.6 Å². The number of hydrogen-bond donors (Lipinski definition) is 2. The van der Waals surface area contributed by atoms with Crippen LogP contribution in [0.15, 0.2) is 18.2 Å². The minimum Gasteiger partial charge on any atom is -0.379 e. The first-order valence-electron chi connectivity index (χ1n) is 7.34. The molecule has 2 N–H and O–H groups in total.